The highest BCUT2D eigenvalue weighted by atomic mass is 32.1. The van der Waals surface area contributed by atoms with E-state index < -0.39 is 0 Å². The van der Waals surface area contributed by atoms with Gasteiger partial charge in [0.15, 0.2) is 0 Å². The molecule has 2 N–H and O–H groups in total. The lowest BCUT2D eigenvalue weighted by molar-refractivity contribution is 0.158. The summed E-state index contributed by atoms with van der Waals surface area (Å²) in [5.41, 5.74) is 7.35. The maximum Gasteiger partial charge on any atom is 0.122 e. The van der Waals surface area contributed by atoms with Crippen molar-refractivity contribution in [1.29, 1.82) is 0 Å². The van der Waals surface area contributed by atoms with Gasteiger partial charge >= 0.3 is 0 Å². The number of imidazole rings is 1. The van der Waals surface area contributed by atoms with E-state index in [1.807, 2.05) is 17.5 Å². The Balaban J connectivity index is 1.84. The van der Waals surface area contributed by atoms with Crippen LogP contribution in [0.25, 0.3) is 0 Å². The van der Waals surface area contributed by atoms with Crippen molar-refractivity contribution >= 4 is 11.3 Å². The molecule has 5 heteroatoms. The Bertz CT molecular complexity index is 531. The second-order valence-electron chi connectivity index (χ2n) is 4.73. The Morgan fingerprint density at radius 2 is 2.39 bits per heavy atom. The first-order chi connectivity index (χ1) is 8.79. The van der Waals surface area contributed by atoms with E-state index in [4.69, 9.17) is 5.73 Å². The second-order valence-corrected chi connectivity index (χ2v) is 5.67. The lowest BCUT2D eigenvalue weighted by Gasteiger charge is -2.34. The smallest absolute Gasteiger partial charge is 0.122 e. The van der Waals surface area contributed by atoms with Crippen molar-refractivity contribution in [2.24, 2.45) is 5.73 Å². The van der Waals surface area contributed by atoms with Crippen LogP contribution in [0.4, 0.5) is 0 Å². The molecule has 18 heavy (non-hydrogen) atoms. The largest absolute Gasteiger partial charge is 0.333 e. The molecule has 1 unspecified atom stereocenters. The average Bonchev–Trinajstić information content (AvgIpc) is 2.99. The molecule has 1 aliphatic heterocycles. The Kier molecular flexibility index (Phi) is 3.20. The quantitative estimate of drug-likeness (QED) is 0.917. The number of aryl methyl sites for hydroxylation is 1. The summed E-state index contributed by atoms with van der Waals surface area (Å²) in [6, 6.07) is 2.50. The summed E-state index contributed by atoms with van der Waals surface area (Å²) in [6.45, 7) is 5.78. The number of thiophene rings is 1. The predicted octanol–water partition coefficient (Wildman–Crippen LogP) is 1.77. The minimum absolute atomic E-state index is 0.329. The summed E-state index contributed by atoms with van der Waals surface area (Å²) in [4.78, 5) is 8.26. The van der Waals surface area contributed by atoms with E-state index in [2.05, 4.69) is 39.0 Å². The van der Waals surface area contributed by atoms with Gasteiger partial charge < -0.3 is 10.3 Å². The molecule has 0 aromatic carbocycles. The molecule has 1 atom stereocenters. The van der Waals surface area contributed by atoms with Crippen LogP contribution in [0.3, 0.4) is 0 Å². The zero-order valence-electron chi connectivity index (χ0n) is 10.5. The molecule has 1 aliphatic rings. The molecule has 0 radical (unpaired) electrons. The Morgan fingerprint density at radius 1 is 1.50 bits per heavy atom. The van der Waals surface area contributed by atoms with Crippen LogP contribution in [-0.2, 0) is 13.1 Å². The van der Waals surface area contributed by atoms with Gasteiger partial charge in [-0.15, -0.1) is 11.3 Å². The fourth-order valence-electron chi connectivity index (χ4n) is 2.61. The van der Waals surface area contributed by atoms with E-state index in [1.54, 1.807) is 0 Å². The van der Waals surface area contributed by atoms with Crippen molar-refractivity contribution in [2.75, 3.05) is 13.1 Å². The van der Waals surface area contributed by atoms with Gasteiger partial charge in [-0.1, -0.05) is 0 Å². The van der Waals surface area contributed by atoms with Crippen LogP contribution in [0.5, 0.6) is 0 Å². The summed E-state index contributed by atoms with van der Waals surface area (Å²) < 4.78 is 2.23. The molecule has 4 nitrogen and oxygen atoms in total. The van der Waals surface area contributed by atoms with Crippen LogP contribution in [0.2, 0.25) is 0 Å². The number of rotatable bonds is 3. The van der Waals surface area contributed by atoms with Gasteiger partial charge in [0.25, 0.3) is 0 Å². The van der Waals surface area contributed by atoms with Crippen LogP contribution >= 0.6 is 11.3 Å². The minimum atomic E-state index is 0.329. The van der Waals surface area contributed by atoms with Gasteiger partial charge in [0.2, 0.25) is 0 Å². The highest BCUT2D eigenvalue weighted by Gasteiger charge is 2.25. The standard InChI is InChI=1S/C13H18N4S/c1-10-2-7-18-13(10)11(8-14)17-6-5-16-4-3-15-12(16)9-17/h2-4,7,11H,5-6,8-9,14H2,1H3. The Hall–Kier alpha value is -1.17. The molecule has 0 spiro atoms. The summed E-state index contributed by atoms with van der Waals surface area (Å²) in [7, 11) is 0. The predicted molar refractivity (Wildman–Crippen MR) is 73.5 cm³/mol. The molecular formula is C13H18N4S. The van der Waals surface area contributed by atoms with Crippen molar-refractivity contribution in [2.45, 2.75) is 26.1 Å². The molecule has 2 aromatic heterocycles. The van der Waals surface area contributed by atoms with E-state index >= 15 is 0 Å². The van der Waals surface area contributed by atoms with E-state index in [9.17, 15) is 0 Å². The third-order valence-corrected chi connectivity index (χ3v) is 4.76. The number of aromatic nitrogens is 2. The maximum absolute atomic E-state index is 6.00. The van der Waals surface area contributed by atoms with Crippen molar-refractivity contribution in [3.8, 4) is 0 Å². The van der Waals surface area contributed by atoms with Gasteiger partial charge in [-0.2, -0.15) is 0 Å². The van der Waals surface area contributed by atoms with Gasteiger partial charge in [0.1, 0.15) is 5.82 Å². The summed E-state index contributed by atoms with van der Waals surface area (Å²) >= 11 is 1.81. The topological polar surface area (TPSA) is 47.1 Å². The number of fused-ring (bicyclic) bond motifs is 1. The number of nitrogens with zero attached hydrogens (tertiary/aromatic N) is 3. The maximum atomic E-state index is 6.00. The van der Waals surface area contributed by atoms with Gasteiger partial charge in [0.05, 0.1) is 12.6 Å². The van der Waals surface area contributed by atoms with Crippen LogP contribution in [0.1, 0.15) is 22.3 Å². The molecule has 0 bridgehead atoms. The average molecular weight is 262 g/mol. The first-order valence-corrected chi connectivity index (χ1v) is 7.15. The summed E-state index contributed by atoms with van der Waals surface area (Å²) in [5, 5.41) is 2.15. The Morgan fingerprint density at radius 3 is 3.11 bits per heavy atom. The highest BCUT2D eigenvalue weighted by molar-refractivity contribution is 7.10. The molecule has 96 valence electrons. The van der Waals surface area contributed by atoms with Gasteiger partial charge in [-0.25, -0.2) is 4.98 Å². The normalized spacial score (nSPS) is 17.7. The lowest BCUT2D eigenvalue weighted by Crippen LogP contribution is -2.39. The lowest BCUT2D eigenvalue weighted by atomic mass is 10.1. The number of hydrogen-bond acceptors (Lipinski definition) is 4. The van der Waals surface area contributed by atoms with Crippen molar-refractivity contribution in [1.82, 2.24) is 14.5 Å². The third kappa shape index (κ3) is 1.98. The van der Waals surface area contributed by atoms with Crippen molar-refractivity contribution in [3.05, 3.63) is 40.1 Å². The SMILES string of the molecule is Cc1ccsc1C(CN)N1CCn2ccnc2C1. The van der Waals surface area contributed by atoms with Crippen molar-refractivity contribution in [3.63, 3.8) is 0 Å². The highest BCUT2D eigenvalue weighted by Crippen LogP contribution is 2.30. The van der Waals surface area contributed by atoms with E-state index in [-0.39, 0.29) is 0 Å². The van der Waals surface area contributed by atoms with E-state index in [1.165, 1.54) is 10.4 Å². The number of nitrogens with two attached hydrogens (primary N) is 1. The molecule has 3 rings (SSSR count). The molecule has 0 saturated heterocycles. The number of hydrogen-bond donors (Lipinski definition) is 1. The molecule has 0 saturated carbocycles. The zero-order chi connectivity index (χ0) is 12.5. The van der Waals surface area contributed by atoms with Gasteiger partial charge in [-0.05, 0) is 23.9 Å². The fraction of sp³-hybridized carbons (Fsp3) is 0.462. The molecule has 3 heterocycles. The second kappa shape index (κ2) is 4.84. The van der Waals surface area contributed by atoms with Crippen LogP contribution < -0.4 is 5.73 Å². The van der Waals surface area contributed by atoms with E-state index in [0.29, 0.717) is 12.6 Å². The fourth-order valence-corrected chi connectivity index (χ4v) is 3.68. The first kappa shape index (κ1) is 11.9. The first-order valence-electron chi connectivity index (χ1n) is 6.27. The zero-order valence-corrected chi connectivity index (χ0v) is 11.4. The Labute approximate surface area is 111 Å². The van der Waals surface area contributed by atoms with E-state index in [0.717, 1.165) is 25.5 Å². The summed E-state index contributed by atoms with van der Waals surface area (Å²) in [6.07, 6.45) is 3.94. The molecule has 2 aromatic rings. The van der Waals surface area contributed by atoms with Crippen molar-refractivity contribution < 1.29 is 0 Å². The molecular weight excluding hydrogens is 244 g/mol. The summed E-state index contributed by atoms with van der Waals surface area (Å²) in [5.74, 6) is 1.15. The third-order valence-electron chi connectivity index (χ3n) is 3.64. The molecule has 0 aliphatic carbocycles. The van der Waals surface area contributed by atoms with Crippen LogP contribution in [0.15, 0.2) is 23.8 Å². The molecule has 0 amide bonds. The van der Waals surface area contributed by atoms with Crippen LogP contribution in [0, 0.1) is 6.92 Å². The minimum Gasteiger partial charge on any atom is -0.333 e. The monoisotopic (exact) mass is 262 g/mol. The van der Waals surface area contributed by atoms with Gasteiger partial charge in [-0.3, -0.25) is 4.90 Å². The van der Waals surface area contributed by atoms with Crippen LogP contribution in [-0.4, -0.2) is 27.5 Å². The van der Waals surface area contributed by atoms with Gasteiger partial charge in [0, 0.05) is 36.9 Å². The molecule has 0 fully saturated rings.